The van der Waals surface area contributed by atoms with Gasteiger partial charge < -0.3 is 10.1 Å². The van der Waals surface area contributed by atoms with E-state index in [1.807, 2.05) is 0 Å². The summed E-state index contributed by atoms with van der Waals surface area (Å²) in [6.45, 7) is 1.37. The average Bonchev–Trinajstić information content (AvgIpc) is 2.55. The smallest absolute Gasteiger partial charge is 0.244 e. The van der Waals surface area contributed by atoms with Crippen molar-refractivity contribution >= 4 is 33.2 Å². The first-order chi connectivity index (χ1) is 11.3. The van der Waals surface area contributed by atoms with Gasteiger partial charge in [0.2, 0.25) is 15.9 Å². The molecule has 0 atom stereocenters. The number of carbonyl (C=O) groups excluding carboxylic acids is 1. The van der Waals surface area contributed by atoms with Crippen molar-refractivity contribution < 1.29 is 17.9 Å². The Balaban J connectivity index is 2.06. The number of aryl methyl sites for hydroxylation is 1. The average molecular weight is 369 g/mol. The second-order valence-corrected chi connectivity index (χ2v) is 7.21. The predicted molar refractivity (Wildman–Crippen MR) is 93.0 cm³/mol. The molecule has 0 saturated carbocycles. The number of benzene rings is 2. The van der Waals surface area contributed by atoms with Gasteiger partial charge in [-0.1, -0.05) is 17.7 Å². The highest BCUT2D eigenvalue weighted by molar-refractivity contribution is 7.89. The normalized spacial score (nSPS) is 11.1. The van der Waals surface area contributed by atoms with E-state index in [0.29, 0.717) is 10.7 Å². The molecule has 0 bridgehead atoms. The van der Waals surface area contributed by atoms with Crippen LogP contribution >= 0.6 is 11.6 Å². The van der Waals surface area contributed by atoms with Crippen LogP contribution in [0.15, 0.2) is 47.4 Å². The topological polar surface area (TPSA) is 84.5 Å². The molecular weight excluding hydrogens is 352 g/mol. The molecule has 8 heteroatoms. The number of sulfonamides is 1. The van der Waals surface area contributed by atoms with E-state index in [4.69, 9.17) is 16.3 Å². The van der Waals surface area contributed by atoms with Crippen molar-refractivity contribution in [1.29, 1.82) is 0 Å². The van der Waals surface area contributed by atoms with Gasteiger partial charge in [-0.3, -0.25) is 4.79 Å². The van der Waals surface area contributed by atoms with Gasteiger partial charge in [0.25, 0.3) is 0 Å². The fourth-order valence-corrected chi connectivity index (χ4v) is 3.33. The molecule has 24 heavy (non-hydrogen) atoms. The van der Waals surface area contributed by atoms with Gasteiger partial charge in [-0.25, -0.2) is 13.1 Å². The quantitative estimate of drug-likeness (QED) is 0.820. The predicted octanol–water partition coefficient (Wildman–Crippen LogP) is 2.57. The van der Waals surface area contributed by atoms with Crippen LogP contribution in [0.3, 0.4) is 0 Å². The number of methoxy groups -OCH3 is 1. The lowest BCUT2D eigenvalue weighted by Gasteiger charge is -2.11. The molecule has 0 spiro atoms. The van der Waals surface area contributed by atoms with E-state index in [2.05, 4.69) is 10.0 Å². The van der Waals surface area contributed by atoms with Crippen LogP contribution in [0, 0.1) is 6.92 Å². The third-order valence-corrected chi connectivity index (χ3v) is 4.83. The van der Waals surface area contributed by atoms with Gasteiger partial charge in [-0.15, -0.1) is 0 Å². The minimum atomic E-state index is -3.88. The van der Waals surface area contributed by atoms with Crippen molar-refractivity contribution in [2.75, 3.05) is 19.0 Å². The summed E-state index contributed by atoms with van der Waals surface area (Å²) in [5.74, 6) is -0.279. The van der Waals surface area contributed by atoms with Gasteiger partial charge in [0, 0.05) is 10.7 Å². The summed E-state index contributed by atoms with van der Waals surface area (Å²) < 4.78 is 32.1. The zero-order valence-electron chi connectivity index (χ0n) is 13.2. The van der Waals surface area contributed by atoms with Crippen molar-refractivity contribution in [3.05, 3.63) is 53.1 Å². The molecule has 2 aromatic rings. The molecule has 0 aromatic heterocycles. The van der Waals surface area contributed by atoms with Gasteiger partial charge in [-0.05, 0) is 48.9 Å². The van der Waals surface area contributed by atoms with E-state index in [0.717, 1.165) is 5.56 Å². The van der Waals surface area contributed by atoms with Crippen LogP contribution in [0.4, 0.5) is 5.69 Å². The van der Waals surface area contributed by atoms with Gasteiger partial charge in [0.05, 0.1) is 13.7 Å². The maximum absolute atomic E-state index is 12.4. The van der Waals surface area contributed by atoms with Crippen LogP contribution in [-0.4, -0.2) is 28.0 Å². The molecule has 0 fully saturated rings. The molecular formula is C16H17ClN2O4S. The highest BCUT2D eigenvalue weighted by Crippen LogP contribution is 2.24. The van der Waals surface area contributed by atoms with Gasteiger partial charge >= 0.3 is 0 Å². The SMILES string of the molecule is COc1ccc(C)cc1S(=O)(=O)NCC(=O)Nc1ccc(Cl)cc1. The molecule has 1 amide bonds. The van der Waals surface area contributed by atoms with Crippen molar-refractivity contribution in [2.24, 2.45) is 0 Å². The highest BCUT2D eigenvalue weighted by atomic mass is 35.5. The Hall–Kier alpha value is -2.09. The number of anilines is 1. The zero-order chi connectivity index (χ0) is 17.7. The molecule has 2 rings (SSSR count). The fraction of sp³-hybridized carbons (Fsp3) is 0.188. The maximum Gasteiger partial charge on any atom is 0.244 e. The Morgan fingerprint density at radius 1 is 1.17 bits per heavy atom. The van der Waals surface area contributed by atoms with Crippen LogP contribution in [0.5, 0.6) is 5.75 Å². The van der Waals surface area contributed by atoms with Crippen molar-refractivity contribution in [2.45, 2.75) is 11.8 Å². The van der Waals surface area contributed by atoms with Crippen LogP contribution in [0.2, 0.25) is 5.02 Å². The number of hydrogen-bond donors (Lipinski definition) is 2. The third-order valence-electron chi connectivity index (χ3n) is 3.16. The van der Waals surface area contributed by atoms with E-state index in [-0.39, 0.29) is 10.6 Å². The second-order valence-electron chi connectivity index (χ2n) is 5.03. The second kappa shape index (κ2) is 7.65. The molecule has 2 aromatic carbocycles. The van der Waals surface area contributed by atoms with Crippen LogP contribution in [-0.2, 0) is 14.8 Å². The van der Waals surface area contributed by atoms with E-state index >= 15 is 0 Å². The Morgan fingerprint density at radius 3 is 2.46 bits per heavy atom. The first-order valence-corrected chi connectivity index (χ1v) is 8.87. The molecule has 0 aliphatic carbocycles. The molecule has 128 valence electrons. The lowest BCUT2D eigenvalue weighted by Crippen LogP contribution is -2.33. The number of rotatable bonds is 6. The number of halogens is 1. The lowest BCUT2D eigenvalue weighted by molar-refractivity contribution is -0.115. The van der Waals surface area contributed by atoms with E-state index in [1.165, 1.54) is 13.2 Å². The lowest BCUT2D eigenvalue weighted by atomic mass is 10.2. The van der Waals surface area contributed by atoms with Gasteiger partial charge in [0.1, 0.15) is 10.6 Å². The molecule has 0 heterocycles. The monoisotopic (exact) mass is 368 g/mol. The maximum atomic E-state index is 12.4. The Bertz CT molecular complexity index is 836. The fourth-order valence-electron chi connectivity index (χ4n) is 1.97. The summed E-state index contributed by atoms with van der Waals surface area (Å²) in [7, 11) is -2.49. The molecule has 0 unspecified atom stereocenters. The molecule has 0 saturated heterocycles. The number of hydrogen-bond acceptors (Lipinski definition) is 4. The largest absolute Gasteiger partial charge is 0.495 e. The molecule has 6 nitrogen and oxygen atoms in total. The summed E-state index contributed by atoms with van der Waals surface area (Å²) in [6.07, 6.45) is 0. The Kier molecular flexibility index (Phi) is 5.82. The summed E-state index contributed by atoms with van der Waals surface area (Å²) in [4.78, 5) is 11.9. The number of amides is 1. The first-order valence-electron chi connectivity index (χ1n) is 7.01. The molecule has 2 N–H and O–H groups in total. The summed E-state index contributed by atoms with van der Waals surface area (Å²) in [5, 5.41) is 3.12. The van der Waals surface area contributed by atoms with Crippen molar-refractivity contribution in [3.63, 3.8) is 0 Å². The molecule has 0 aliphatic heterocycles. The van der Waals surface area contributed by atoms with E-state index < -0.39 is 22.5 Å². The summed E-state index contributed by atoms with van der Waals surface area (Å²) in [5.41, 5.74) is 1.29. The molecule has 0 aliphatic rings. The minimum Gasteiger partial charge on any atom is -0.495 e. The van der Waals surface area contributed by atoms with Crippen LogP contribution in [0.25, 0.3) is 0 Å². The summed E-state index contributed by atoms with van der Waals surface area (Å²) in [6, 6.07) is 11.3. The van der Waals surface area contributed by atoms with Gasteiger partial charge in [-0.2, -0.15) is 0 Å². The highest BCUT2D eigenvalue weighted by Gasteiger charge is 2.20. The van der Waals surface area contributed by atoms with Crippen LogP contribution < -0.4 is 14.8 Å². The third kappa shape index (κ3) is 4.70. The Labute approximate surface area is 145 Å². The summed E-state index contributed by atoms with van der Waals surface area (Å²) >= 11 is 5.76. The first kappa shape index (κ1) is 18.3. The standard InChI is InChI=1S/C16H17ClN2O4S/c1-11-3-8-14(23-2)15(9-11)24(21,22)18-10-16(20)19-13-6-4-12(17)5-7-13/h3-9,18H,10H2,1-2H3,(H,19,20). The van der Waals surface area contributed by atoms with Gasteiger partial charge in [0.15, 0.2) is 0 Å². The van der Waals surface area contributed by atoms with Crippen molar-refractivity contribution in [1.82, 2.24) is 4.72 Å². The zero-order valence-corrected chi connectivity index (χ0v) is 14.7. The van der Waals surface area contributed by atoms with Crippen molar-refractivity contribution in [3.8, 4) is 5.75 Å². The minimum absolute atomic E-state index is 0.00991. The number of carbonyl (C=O) groups is 1. The number of ether oxygens (including phenoxy) is 1. The van der Waals surface area contributed by atoms with E-state index in [9.17, 15) is 13.2 Å². The Morgan fingerprint density at radius 2 is 1.83 bits per heavy atom. The van der Waals surface area contributed by atoms with Crippen LogP contribution in [0.1, 0.15) is 5.56 Å². The number of nitrogens with one attached hydrogen (secondary N) is 2. The van der Waals surface area contributed by atoms with E-state index in [1.54, 1.807) is 43.3 Å². The molecule has 0 radical (unpaired) electrons.